The molecule has 0 amide bonds. The van der Waals surface area contributed by atoms with Gasteiger partial charge in [0.1, 0.15) is 22.0 Å². The molecule has 1 aromatic rings. The highest BCUT2D eigenvalue weighted by Gasteiger charge is 2.11. The molecule has 1 atom stereocenters. The fraction of sp³-hybridized carbons (Fsp3) is 0.800. The lowest BCUT2D eigenvalue weighted by molar-refractivity contribution is 0.524. The average Bonchev–Trinajstić information content (AvgIpc) is 2.71. The highest BCUT2D eigenvalue weighted by atomic mass is 32.2. The molecule has 98 valence electrons. The Morgan fingerprint density at radius 3 is 2.76 bits per heavy atom. The maximum atomic E-state index is 11.3. The van der Waals surface area contributed by atoms with Gasteiger partial charge in [0.15, 0.2) is 0 Å². The van der Waals surface area contributed by atoms with Crippen LogP contribution in [0.15, 0.2) is 6.33 Å². The van der Waals surface area contributed by atoms with Gasteiger partial charge in [0.2, 0.25) is 0 Å². The molecule has 0 spiro atoms. The minimum atomic E-state index is -2.85. The first kappa shape index (κ1) is 14.1. The molecule has 0 aliphatic rings. The molecule has 17 heavy (non-hydrogen) atoms. The van der Waals surface area contributed by atoms with Gasteiger partial charge in [-0.3, -0.25) is 0 Å². The van der Waals surface area contributed by atoms with Crippen LogP contribution in [-0.4, -0.2) is 41.2 Å². The summed E-state index contributed by atoms with van der Waals surface area (Å²) in [5.74, 6) is 1.30. The second kappa shape index (κ2) is 6.11. The Labute approximate surface area is 102 Å². The smallest absolute Gasteiger partial charge is 0.150 e. The van der Waals surface area contributed by atoms with Crippen LogP contribution in [0.4, 0.5) is 0 Å². The van der Waals surface area contributed by atoms with Crippen molar-refractivity contribution >= 4 is 9.84 Å². The van der Waals surface area contributed by atoms with Gasteiger partial charge < -0.3 is 9.88 Å². The summed E-state index contributed by atoms with van der Waals surface area (Å²) in [4.78, 5) is 0. The van der Waals surface area contributed by atoms with Crippen molar-refractivity contribution in [1.29, 1.82) is 0 Å². The summed E-state index contributed by atoms with van der Waals surface area (Å²) in [6, 6.07) is 0.0758. The number of nitrogens with one attached hydrogen (secondary N) is 1. The van der Waals surface area contributed by atoms with Crippen molar-refractivity contribution in [3.63, 3.8) is 0 Å². The first-order valence-electron chi connectivity index (χ1n) is 5.74. The molecular weight excluding hydrogens is 240 g/mol. The Kier molecular flexibility index (Phi) is 5.07. The monoisotopic (exact) mass is 260 g/mol. The van der Waals surface area contributed by atoms with Crippen molar-refractivity contribution in [3.05, 3.63) is 12.2 Å². The summed E-state index contributed by atoms with van der Waals surface area (Å²) >= 11 is 0. The first-order valence-corrected chi connectivity index (χ1v) is 7.56. The van der Waals surface area contributed by atoms with Crippen LogP contribution in [0.5, 0.6) is 0 Å². The number of rotatable bonds is 7. The molecule has 1 rings (SSSR count). The summed E-state index contributed by atoms with van der Waals surface area (Å²) in [5, 5.41) is 11.0. The van der Waals surface area contributed by atoms with Crippen molar-refractivity contribution in [2.75, 3.05) is 18.1 Å². The third kappa shape index (κ3) is 4.43. The number of aromatic nitrogens is 3. The summed E-state index contributed by atoms with van der Waals surface area (Å²) in [6.07, 6.45) is 2.27. The minimum absolute atomic E-state index is 0.0758. The second-order valence-electron chi connectivity index (χ2n) is 4.07. The molecule has 1 unspecified atom stereocenters. The molecule has 0 aliphatic carbocycles. The highest BCUT2D eigenvalue weighted by Crippen LogP contribution is 2.06. The van der Waals surface area contributed by atoms with Crippen molar-refractivity contribution in [3.8, 4) is 0 Å². The van der Waals surface area contributed by atoms with E-state index < -0.39 is 9.84 Å². The van der Waals surface area contributed by atoms with Crippen LogP contribution in [0.25, 0.3) is 0 Å². The summed E-state index contributed by atoms with van der Waals surface area (Å²) < 4.78 is 24.4. The largest absolute Gasteiger partial charge is 0.319 e. The number of hydrogen-bond acceptors (Lipinski definition) is 5. The Bertz CT molecular complexity index is 441. The summed E-state index contributed by atoms with van der Waals surface area (Å²) in [7, 11) is -0.969. The molecule has 0 radical (unpaired) electrons. The zero-order valence-corrected chi connectivity index (χ0v) is 11.4. The van der Waals surface area contributed by atoms with Gasteiger partial charge in [-0.25, -0.2) is 8.42 Å². The van der Waals surface area contributed by atoms with Crippen LogP contribution in [0.3, 0.4) is 0 Å². The maximum absolute atomic E-state index is 11.3. The van der Waals surface area contributed by atoms with Crippen LogP contribution in [0.2, 0.25) is 0 Å². The van der Waals surface area contributed by atoms with E-state index in [0.29, 0.717) is 13.0 Å². The molecule has 0 aromatic carbocycles. The van der Waals surface area contributed by atoms with Gasteiger partial charge in [-0.1, -0.05) is 6.92 Å². The van der Waals surface area contributed by atoms with E-state index in [9.17, 15) is 8.42 Å². The molecule has 1 aromatic heterocycles. The molecule has 0 saturated carbocycles. The number of sulfone groups is 1. The molecule has 7 heteroatoms. The average molecular weight is 260 g/mol. The number of nitrogens with zero attached hydrogens (tertiary/aromatic N) is 3. The van der Waals surface area contributed by atoms with Crippen LogP contribution < -0.4 is 5.32 Å². The van der Waals surface area contributed by atoms with Crippen LogP contribution in [0.1, 0.15) is 32.1 Å². The van der Waals surface area contributed by atoms with Gasteiger partial charge in [0, 0.05) is 12.8 Å². The molecule has 0 saturated heterocycles. The van der Waals surface area contributed by atoms with Crippen LogP contribution in [-0.2, 0) is 16.9 Å². The topological polar surface area (TPSA) is 76.9 Å². The first-order chi connectivity index (χ1) is 7.96. The van der Waals surface area contributed by atoms with Gasteiger partial charge >= 0.3 is 0 Å². The molecule has 0 bridgehead atoms. The molecule has 1 N–H and O–H groups in total. The Morgan fingerprint density at radius 2 is 2.24 bits per heavy atom. The third-order valence-electron chi connectivity index (χ3n) is 2.66. The van der Waals surface area contributed by atoms with Gasteiger partial charge in [-0.05, 0) is 19.9 Å². The van der Waals surface area contributed by atoms with Crippen molar-refractivity contribution < 1.29 is 8.42 Å². The SMILES string of the molecule is CCS(=O)(=O)CCCNC(C)c1nncn1C. The third-order valence-corrected chi connectivity index (χ3v) is 4.45. The second-order valence-corrected chi connectivity index (χ2v) is 6.54. The predicted octanol–water partition coefficient (Wildman–Crippen LogP) is 0.291. The number of aryl methyl sites for hydroxylation is 1. The van der Waals surface area contributed by atoms with E-state index in [1.54, 1.807) is 13.3 Å². The van der Waals surface area contributed by atoms with Crippen LogP contribution in [0, 0.1) is 0 Å². The molecule has 6 nitrogen and oxygen atoms in total. The summed E-state index contributed by atoms with van der Waals surface area (Å²) in [6.45, 7) is 4.32. The lowest BCUT2D eigenvalue weighted by Gasteiger charge is -2.12. The maximum Gasteiger partial charge on any atom is 0.150 e. The number of hydrogen-bond donors (Lipinski definition) is 1. The molecule has 1 heterocycles. The minimum Gasteiger partial charge on any atom is -0.319 e. The van der Waals surface area contributed by atoms with Crippen molar-refractivity contribution in [2.45, 2.75) is 26.3 Å². The van der Waals surface area contributed by atoms with Gasteiger partial charge in [0.25, 0.3) is 0 Å². The van der Waals surface area contributed by atoms with Gasteiger partial charge in [-0.15, -0.1) is 10.2 Å². The standard InChI is InChI=1S/C10H20N4O2S/c1-4-17(15,16)7-5-6-11-9(2)10-13-12-8-14(10)3/h8-9,11H,4-7H2,1-3H3. The van der Waals surface area contributed by atoms with E-state index in [-0.39, 0.29) is 17.5 Å². The molecule has 0 fully saturated rings. The van der Waals surface area contributed by atoms with E-state index in [1.165, 1.54) is 0 Å². The Morgan fingerprint density at radius 1 is 1.53 bits per heavy atom. The quantitative estimate of drug-likeness (QED) is 0.713. The highest BCUT2D eigenvalue weighted by molar-refractivity contribution is 7.91. The van der Waals surface area contributed by atoms with Crippen molar-refractivity contribution in [1.82, 2.24) is 20.1 Å². The zero-order valence-electron chi connectivity index (χ0n) is 10.5. The van der Waals surface area contributed by atoms with E-state index >= 15 is 0 Å². The molecular formula is C10H20N4O2S. The van der Waals surface area contributed by atoms with E-state index in [2.05, 4.69) is 15.5 Å². The van der Waals surface area contributed by atoms with E-state index in [0.717, 1.165) is 5.82 Å². The van der Waals surface area contributed by atoms with Crippen molar-refractivity contribution in [2.24, 2.45) is 7.05 Å². The van der Waals surface area contributed by atoms with Crippen LogP contribution >= 0.6 is 0 Å². The van der Waals surface area contributed by atoms with Gasteiger partial charge in [0.05, 0.1) is 11.8 Å². The van der Waals surface area contributed by atoms with Gasteiger partial charge in [-0.2, -0.15) is 0 Å². The molecule has 0 aliphatic heterocycles. The predicted molar refractivity (Wildman–Crippen MR) is 66.4 cm³/mol. The van der Waals surface area contributed by atoms with E-state index in [4.69, 9.17) is 0 Å². The fourth-order valence-corrected chi connectivity index (χ4v) is 2.40. The Balaban J connectivity index is 2.31. The Hall–Kier alpha value is -0.950. The fourth-order valence-electron chi connectivity index (χ4n) is 1.53. The normalized spacial score (nSPS) is 13.8. The zero-order chi connectivity index (χ0) is 12.9. The lowest BCUT2D eigenvalue weighted by Crippen LogP contribution is -2.24. The van der Waals surface area contributed by atoms with E-state index in [1.807, 2.05) is 18.5 Å². The summed E-state index contributed by atoms with van der Waals surface area (Å²) in [5.41, 5.74) is 0. The lowest BCUT2D eigenvalue weighted by atomic mass is 10.3.